The number of nitrogens with one attached hydrogen (secondary N) is 1. The van der Waals surface area contributed by atoms with Crippen LogP contribution in [0.2, 0.25) is 0 Å². The Morgan fingerprint density at radius 1 is 1.30 bits per heavy atom. The summed E-state index contributed by atoms with van der Waals surface area (Å²) >= 11 is 0. The Morgan fingerprint density at radius 2 is 2.20 bits per heavy atom. The van der Waals surface area contributed by atoms with E-state index in [-0.39, 0.29) is 0 Å². The van der Waals surface area contributed by atoms with Gasteiger partial charge in [0.1, 0.15) is 11.3 Å². The number of anilines is 1. The molecule has 0 unspecified atom stereocenters. The lowest BCUT2D eigenvalue weighted by atomic mass is 10.2. The number of imidazole rings is 1. The second-order valence-electron chi connectivity index (χ2n) is 4.67. The van der Waals surface area contributed by atoms with Crippen molar-refractivity contribution in [3.8, 4) is 0 Å². The van der Waals surface area contributed by atoms with Gasteiger partial charge in [0, 0.05) is 31.3 Å². The van der Waals surface area contributed by atoms with Crippen LogP contribution in [0.4, 0.5) is 5.82 Å². The Hall–Kier alpha value is -2.43. The molecule has 3 aromatic rings. The summed E-state index contributed by atoms with van der Waals surface area (Å²) in [5, 5.41) is 3.38. The molecule has 0 aliphatic carbocycles. The molecular formula is C15H17N5. The fourth-order valence-corrected chi connectivity index (χ4v) is 2.34. The number of hydrogen-bond donors (Lipinski definition) is 1. The first kappa shape index (κ1) is 12.6. The molecule has 0 fully saturated rings. The van der Waals surface area contributed by atoms with Crippen molar-refractivity contribution in [2.24, 2.45) is 0 Å². The third-order valence-corrected chi connectivity index (χ3v) is 3.32. The molecule has 1 N–H and O–H groups in total. The average molecular weight is 267 g/mol. The van der Waals surface area contributed by atoms with E-state index in [9.17, 15) is 0 Å². The number of nitrogens with zero attached hydrogens (tertiary/aromatic N) is 4. The Kier molecular flexibility index (Phi) is 3.33. The van der Waals surface area contributed by atoms with Gasteiger partial charge in [0.25, 0.3) is 0 Å². The Morgan fingerprint density at radius 3 is 2.95 bits per heavy atom. The summed E-state index contributed by atoms with van der Waals surface area (Å²) in [4.78, 5) is 13.2. The maximum Gasteiger partial charge on any atom is 0.152 e. The van der Waals surface area contributed by atoms with Gasteiger partial charge in [-0.3, -0.25) is 9.38 Å². The standard InChI is InChI=1S/C15H17N5/c1-3-13-14-15(17-7-8-20(14)11(2)19-13)18-10-12-5-4-6-16-9-12/h4-9H,3,10H2,1-2H3,(H,17,18). The SMILES string of the molecule is CCc1nc(C)n2ccnc(NCc3cccnc3)c12. The van der Waals surface area contributed by atoms with Crippen LogP contribution in [0.5, 0.6) is 0 Å². The average Bonchev–Trinajstić information content (AvgIpc) is 2.83. The first-order chi connectivity index (χ1) is 9.79. The van der Waals surface area contributed by atoms with E-state index in [2.05, 4.69) is 31.6 Å². The Labute approximate surface area is 117 Å². The van der Waals surface area contributed by atoms with Crippen molar-refractivity contribution >= 4 is 11.3 Å². The molecule has 0 bridgehead atoms. The summed E-state index contributed by atoms with van der Waals surface area (Å²) in [6.45, 7) is 4.82. The topological polar surface area (TPSA) is 55.1 Å². The van der Waals surface area contributed by atoms with Crippen molar-refractivity contribution in [3.63, 3.8) is 0 Å². The number of fused-ring (bicyclic) bond motifs is 1. The molecule has 3 aromatic heterocycles. The maximum absolute atomic E-state index is 4.59. The van der Waals surface area contributed by atoms with Crippen molar-refractivity contribution in [1.82, 2.24) is 19.4 Å². The summed E-state index contributed by atoms with van der Waals surface area (Å²) in [6, 6.07) is 3.98. The molecule has 0 saturated heterocycles. The third-order valence-electron chi connectivity index (χ3n) is 3.32. The first-order valence-electron chi connectivity index (χ1n) is 6.75. The van der Waals surface area contributed by atoms with Crippen molar-refractivity contribution in [2.75, 3.05) is 5.32 Å². The lowest BCUT2D eigenvalue weighted by Crippen LogP contribution is -2.04. The van der Waals surface area contributed by atoms with Crippen molar-refractivity contribution in [3.05, 3.63) is 54.0 Å². The molecular weight excluding hydrogens is 250 g/mol. The minimum Gasteiger partial charge on any atom is -0.364 e. The summed E-state index contributed by atoms with van der Waals surface area (Å²) in [7, 11) is 0. The molecule has 3 rings (SSSR count). The highest BCUT2D eigenvalue weighted by molar-refractivity contribution is 5.71. The van der Waals surface area contributed by atoms with Crippen molar-refractivity contribution in [1.29, 1.82) is 0 Å². The number of hydrogen-bond acceptors (Lipinski definition) is 4. The van der Waals surface area contributed by atoms with E-state index >= 15 is 0 Å². The van der Waals surface area contributed by atoms with E-state index in [0.29, 0.717) is 6.54 Å². The van der Waals surface area contributed by atoms with Crippen LogP contribution < -0.4 is 5.32 Å². The van der Waals surface area contributed by atoms with Gasteiger partial charge in [0.2, 0.25) is 0 Å². The summed E-state index contributed by atoms with van der Waals surface area (Å²) in [6.07, 6.45) is 8.27. The van der Waals surface area contributed by atoms with E-state index in [1.54, 1.807) is 12.4 Å². The highest BCUT2D eigenvalue weighted by Crippen LogP contribution is 2.21. The molecule has 5 nitrogen and oxygen atoms in total. The van der Waals surface area contributed by atoms with E-state index in [0.717, 1.165) is 34.8 Å². The lowest BCUT2D eigenvalue weighted by molar-refractivity contribution is 1.00. The van der Waals surface area contributed by atoms with Gasteiger partial charge in [-0.25, -0.2) is 9.97 Å². The molecule has 0 spiro atoms. The minimum atomic E-state index is 0.702. The second-order valence-corrected chi connectivity index (χ2v) is 4.67. The quantitative estimate of drug-likeness (QED) is 0.789. The zero-order valence-corrected chi connectivity index (χ0v) is 11.7. The predicted molar refractivity (Wildman–Crippen MR) is 78.7 cm³/mol. The fraction of sp³-hybridized carbons (Fsp3) is 0.267. The molecule has 5 heteroatoms. The number of aromatic nitrogens is 4. The second kappa shape index (κ2) is 5.28. The van der Waals surface area contributed by atoms with Crippen LogP contribution in [0.1, 0.15) is 24.0 Å². The Balaban J connectivity index is 1.95. The van der Waals surface area contributed by atoms with Gasteiger partial charge in [0.15, 0.2) is 5.82 Å². The summed E-state index contributed by atoms with van der Waals surface area (Å²) in [5.41, 5.74) is 3.27. The Bertz CT molecular complexity index is 718. The monoisotopic (exact) mass is 267 g/mol. The molecule has 0 radical (unpaired) electrons. The normalized spacial score (nSPS) is 10.9. The predicted octanol–water partition coefficient (Wildman–Crippen LogP) is 2.61. The van der Waals surface area contributed by atoms with E-state index < -0.39 is 0 Å². The first-order valence-corrected chi connectivity index (χ1v) is 6.75. The highest BCUT2D eigenvalue weighted by Gasteiger charge is 2.11. The summed E-state index contributed by atoms with van der Waals surface area (Å²) in [5.74, 6) is 1.86. The van der Waals surface area contributed by atoms with Crippen LogP contribution >= 0.6 is 0 Å². The minimum absolute atomic E-state index is 0.702. The lowest BCUT2D eigenvalue weighted by Gasteiger charge is -2.08. The zero-order valence-electron chi connectivity index (χ0n) is 11.7. The molecule has 0 aliphatic rings. The maximum atomic E-state index is 4.59. The molecule has 0 aromatic carbocycles. The van der Waals surface area contributed by atoms with Crippen molar-refractivity contribution < 1.29 is 0 Å². The zero-order chi connectivity index (χ0) is 13.9. The van der Waals surface area contributed by atoms with Gasteiger partial charge in [0.05, 0.1) is 5.69 Å². The molecule has 0 amide bonds. The van der Waals surface area contributed by atoms with Crippen LogP contribution in [-0.4, -0.2) is 19.4 Å². The van der Waals surface area contributed by atoms with Crippen LogP contribution in [0.3, 0.4) is 0 Å². The van der Waals surface area contributed by atoms with Gasteiger partial charge >= 0.3 is 0 Å². The smallest absolute Gasteiger partial charge is 0.152 e. The van der Waals surface area contributed by atoms with Crippen LogP contribution in [0.25, 0.3) is 5.52 Å². The molecule has 102 valence electrons. The van der Waals surface area contributed by atoms with Crippen LogP contribution in [0, 0.1) is 6.92 Å². The van der Waals surface area contributed by atoms with E-state index in [4.69, 9.17) is 0 Å². The van der Waals surface area contributed by atoms with E-state index in [1.165, 1.54) is 0 Å². The fourth-order valence-electron chi connectivity index (χ4n) is 2.34. The van der Waals surface area contributed by atoms with E-state index in [1.807, 2.05) is 31.5 Å². The number of pyridine rings is 1. The van der Waals surface area contributed by atoms with Gasteiger partial charge < -0.3 is 5.32 Å². The van der Waals surface area contributed by atoms with Crippen molar-refractivity contribution in [2.45, 2.75) is 26.8 Å². The van der Waals surface area contributed by atoms with Gasteiger partial charge in [-0.1, -0.05) is 13.0 Å². The molecule has 3 heterocycles. The third kappa shape index (κ3) is 2.22. The molecule has 20 heavy (non-hydrogen) atoms. The van der Waals surface area contributed by atoms with Crippen LogP contribution in [0.15, 0.2) is 36.9 Å². The molecule has 0 saturated carbocycles. The molecule has 0 aliphatic heterocycles. The number of rotatable bonds is 4. The molecule has 0 atom stereocenters. The largest absolute Gasteiger partial charge is 0.364 e. The van der Waals surface area contributed by atoms with Gasteiger partial charge in [-0.2, -0.15) is 0 Å². The summed E-state index contributed by atoms with van der Waals surface area (Å²) < 4.78 is 2.08. The van der Waals surface area contributed by atoms with Gasteiger partial charge in [-0.05, 0) is 25.0 Å². The van der Waals surface area contributed by atoms with Gasteiger partial charge in [-0.15, -0.1) is 0 Å². The number of aryl methyl sites for hydroxylation is 2. The van der Waals surface area contributed by atoms with Crippen LogP contribution in [-0.2, 0) is 13.0 Å². The highest BCUT2D eigenvalue weighted by atomic mass is 15.1.